The predicted molar refractivity (Wildman–Crippen MR) is 87.8 cm³/mol. The van der Waals surface area contributed by atoms with Crippen molar-refractivity contribution in [2.24, 2.45) is 5.10 Å². The zero-order valence-corrected chi connectivity index (χ0v) is 15.1. The molecule has 0 aliphatic carbocycles. The molecule has 1 aromatic carbocycles. The van der Waals surface area contributed by atoms with Crippen LogP contribution in [0.15, 0.2) is 29.4 Å². The number of halogens is 3. The lowest BCUT2D eigenvalue weighted by Gasteiger charge is -2.32. The van der Waals surface area contributed by atoms with Gasteiger partial charge in [-0.3, -0.25) is 4.79 Å². The molecule has 1 atom stereocenters. The highest BCUT2D eigenvalue weighted by Gasteiger charge is 2.64. The third-order valence-corrected chi connectivity index (χ3v) is 3.61. The summed E-state index contributed by atoms with van der Waals surface area (Å²) < 4.78 is 50.3. The molecule has 1 aliphatic heterocycles. The Bertz CT molecular complexity index is 786. The van der Waals surface area contributed by atoms with E-state index < -0.39 is 35.8 Å². The lowest BCUT2D eigenvalue weighted by Crippen LogP contribution is -2.58. The molecule has 10 heteroatoms. The van der Waals surface area contributed by atoms with E-state index in [4.69, 9.17) is 9.47 Å². The van der Waals surface area contributed by atoms with Gasteiger partial charge in [0.05, 0.1) is 19.2 Å². The number of ether oxygens (including phenoxy) is 2. The fourth-order valence-electron chi connectivity index (χ4n) is 2.35. The van der Waals surface area contributed by atoms with Gasteiger partial charge in [-0.25, -0.2) is 4.79 Å². The largest absolute Gasteiger partial charge is 0.497 e. The van der Waals surface area contributed by atoms with Gasteiger partial charge in [0.15, 0.2) is 0 Å². The van der Waals surface area contributed by atoms with Gasteiger partial charge in [0.1, 0.15) is 11.4 Å². The molecule has 0 spiro atoms. The van der Waals surface area contributed by atoms with E-state index in [0.29, 0.717) is 5.75 Å². The van der Waals surface area contributed by atoms with E-state index >= 15 is 0 Å². The van der Waals surface area contributed by atoms with Gasteiger partial charge in [0.25, 0.3) is 5.72 Å². The van der Waals surface area contributed by atoms with Crippen LogP contribution in [0.3, 0.4) is 0 Å². The highest BCUT2D eigenvalue weighted by molar-refractivity contribution is 6.33. The number of benzene rings is 1. The van der Waals surface area contributed by atoms with E-state index in [-0.39, 0.29) is 16.3 Å². The first-order chi connectivity index (χ1) is 12.3. The van der Waals surface area contributed by atoms with Gasteiger partial charge in [0.2, 0.25) is 0 Å². The Morgan fingerprint density at radius 3 is 2.41 bits per heavy atom. The van der Waals surface area contributed by atoms with Crippen LogP contribution in [0.25, 0.3) is 0 Å². The van der Waals surface area contributed by atoms with Crippen LogP contribution in [-0.4, -0.2) is 52.3 Å². The third-order valence-electron chi connectivity index (χ3n) is 3.61. The summed E-state index contributed by atoms with van der Waals surface area (Å²) in [5, 5.41) is 13.5. The molecule has 0 aromatic heterocycles. The van der Waals surface area contributed by atoms with Gasteiger partial charge in [-0.1, -0.05) is 12.1 Å². The molecule has 0 radical (unpaired) electrons. The second-order valence-corrected chi connectivity index (χ2v) is 6.89. The lowest BCUT2D eigenvalue weighted by atomic mass is 10.0. The van der Waals surface area contributed by atoms with Gasteiger partial charge in [-0.2, -0.15) is 23.3 Å². The summed E-state index contributed by atoms with van der Waals surface area (Å²) in [6, 6.07) is 5.93. The molecule has 1 amide bonds. The van der Waals surface area contributed by atoms with Gasteiger partial charge in [-0.15, -0.1) is 0 Å². The summed E-state index contributed by atoms with van der Waals surface area (Å²) >= 11 is 0. The molecule has 0 fully saturated rings. The smallest absolute Gasteiger partial charge is 0.438 e. The average Bonchev–Trinajstić information content (AvgIpc) is 2.91. The van der Waals surface area contributed by atoms with Crippen molar-refractivity contribution in [3.63, 3.8) is 0 Å². The maximum Gasteiger partial charge on any atom is 0.438 e. The van der Waals surface area contributed by atoms with Gasteiger partial charge in [-0.05, 0) is 32.9 Å². The Labute approximate surface area is 153 Å². The normalized spacial score (nSPS) is 20.3. The molecule has 1 aliphatic rings. The summed E-state index contributed by atoms with van der Waals surface area (Å²) in [6.45, 7) is 4.34. The average molecular weight is 388 g/mol. The molecule has 27 heavy (non-hydrogen) atoms. The van der Waals surface area contributed by atoms with Crippen molar-refractivity contribution in [2.45, 2.75) is 44.7 Å². The Balaban J connectivity index is 2.44. The molecular formula is C17H19F3N2O5. The Hall–Kier alpha value is -2.62. The Kier molecular flexibility index (Phi) is 5.24. The molecule has 1 N–H and O–H groups in total. The van der Waals surface area contributed by atoms with Crippen molar-refractivity contribution < 1.29 is 37.3 Å². The first kappa shape index (κ1) is 20.7. The number of nitrogens with zero attached hydrogens (tertiary/aromatic N) is 2. The SMILES string of the molecule is COc1cccc(C2=NN(C(=O)C(=O)OC(C)(C)C)C(O)(C(F)(F)F)C2)c1. The second-order valence-electron chi connectivity index (χ2n) is 6.89. The number of esters is 1. The number of hydrogen-bond donors (Lipinski definition) is 1. The van der Waals surface area contributed by atoms with Crippen LogP contribution in [-0.2, 0) is 14.3 Å². The maximum atomic E-state index is 13.5. The van der Waals surface area contributed by atoms with Crippen molar-refractivity contribution in [1.29, 1.82) is 0 Å². The van der Waals surface area contributed by atoms with E-state index in [1.807, 2.05) is 0 Å². The van der Waals surface area contributed by atoms with Crippen molar-refractivity contribution in [2.75, 3.05) is 7.11 Å². The van der Waals surface area contributed by atoms with Gasteiger partial charge in [0, 0.05) is 5.56 Å². The van der Waals surface area contributed by atoms with Crippen molar-refractivity contribution in [3.8, 4) is 5.75 Å². The number of alkyl halides is 3. The second kappa shape index (κ2) is 6.84. The van der Waals surface area contributed by atoms with E-state index in [0.717, 1.165) is 0 Å². The van der Waals surface area contributed by atoms with Crippen LogP contribution < -0.4 is 4.74 Å². The van der Waals surface area contributed by atoms with E-state index in [2.05, 4.69) is 5.10 Å². The fourth-order valence-corrected chi connectivity index (χ4v) is 2.35. The van der Waals surface area contributed by atoms with E-state index in [1.165, 1.54) is 46.1 Å². The molecule has 1 aromatic rings. The quantitative estimate of drug-likeness (QED) is 0.620. The van der Waals surface area contributed by atoms with Crippen LogP contribution in [0.2, 0.25) is 0 Å². The number of rotatable bonds is 2. The van der Waals surface area contributed by atoms with Crippen molar-refractivity contribution >= 4 is 17.6 Å². The fraction of sp³-hybridized carbons (Fsp3) is 0.471. The summed E-state index contributed by atoms with van der Waals surface area (Å²) in [6.07, 6.45) is -6.30. The van der Waals surface area contributed by atoms with E-state index in [9.17, 15) is 27.9 Å². The van der Waals surface area contributed by atoms with E-state index in [1.54, 1.807) is 6.07 Å². The van der Waals surface area contributed by atoms with Crippen LogP contribution >= 0.6 is 0 Å². The third kappa shape index (κ3) is 4.21. The number of amides is 1. The predicted octanol–water partition coefficient (Wildman–Crippen LogP) is 2.22. The first-order valence-electron chi connectivity index (χ1n) is 7.87. The molecular weight excluding hydrogens is 369 g/mol. The summed E-state index contributed by atoms with van der Waals surface area (Å²) in [5.41, 5.74) is -4.80. The monoisotopic (exact) mass is 388 g/mol. The number of hydrogen-bond acceptors (Lipinski definition) is 6. The minimum Gasteiger partial charge on any atom is -0.497 e. The molecule has 0 saturated carbocycles. The number of hydrazone groups is 1. The van der Waals surface area contributed by atoms with Crippen LogP contribution in [0.4, 0.5) is 13.2 Å². The Morgan fingerprint density at radius 1 is 1.26 bits per heavy atom. The molecule has 1 unspecified atom stereocenters. The summed E-state index contributed by atoms with van der Waals surface area (Å²) in [7, 11) is 1.37. The van der Waals surface area contributed by atoms with Crippen LogP contribution in [0.5, 0.6) is 5.75 Å². The summed E-state index contributed by atoms with van der Waals surface area (Å²) in [5.74, 6) is -2.92. The molecule has 148 valence electrons. The van der Waals surface area contributed by atoms with Crippen molar-refractivity contribution in [1.82, 2.24) is 5.01 Å². The van der Waals surface area contributed by atoms with Crippen LogP contribution in [0.1, 0.15) is 32.8 Å². The zero-order valence-electron chi connectivity index (χ0n) is 15.1. The van der Waals surface area contributed by atoms with Crippen LogP contribution in [0, 0.1) is 0 Å². The number of aliphatic hydroxyl groups is 1. The number of carbonyl (C=O) groups excluding carboxylic acids is 2. The standard InChI is InChI=1S/C17H19F3N2O5/c1-15(2,3)27-14(24)13(23)22-16(25,17(18,19)20)9-12(21-22)10-6-5-7-11(8-10)26-4/h5-8,25H,9H2,1-4H3. The highest BCUT2D eigenvalue weighted by Crippen LogP contribution is 2.41. The minimum atomic E-state index is -5.26. The lowest BCUT2D eigenvalue weighted by molar-refractivity contribution is -0.302. The van der Waals surface area contributed by atoms with Crippen molar-refractivity contribution in [3.05, 3.63) is 29.8 Å². The van der Waals surface area contributed by atoms with Gasteiger partial charge >= 0.3 is 18.1 Å². The molecule has 2 rings (SSSR count). The molecule has 0 bridgehead atoms. The van der Waals surface area contributed by atoms with Gasteiger partial charge < -0.3 is 14.6 Å². The number of methoxy groups -OCH3 is 1. The highest BCUT2D eigenvalue weighted by atomic mass is 19.4. The zero-order chi connectivity index (χ0) is 20.6. The molecule has 0 saturated heterocycles. The molecule has 1 heterocycles. The summed E-state index contributed by atoms with van der Waals surface area (Å²) in [4.78, 5) is 24.2. The topological polar surface area (TPSA) is 88.4 Å². The maximum absolute atomic E-state index is 13.5. The Morgan fingerprint density at radius 2 is 1.89 bits per heavy atom. The first-order valence-corrected chi connectivity index (χ1v) is 7.87. The minimum absolute atomic E-state index is 0.205. The molecule has 7 nitrogen and oxygen atoms in total. The number of carbonyl (C=O) groups is 2.